The molecule has 5 rings (SSSR count). The third-order valence-electron chi connectivity index (χ3n) is 6.75. The summed E-state index contributed by atoms with van der Waals surface area (Å²) in [4.78, 5) is 44.3. The number of nitrogens with one attached hydrogen (secondary N) is 2. The fraction of sp³-hybridized carbons (Fsp3) is 0.222. The van der Waals surface area contributed by atoms with Gasteiger partial charge in [-0.25, -0.2) is 0 Å². The van der Waals surface area contributed by atoms with Crippen molar-refractivity contribution < 1.29 is 27.6 Å². The first-order valence-corrected chi connectivity index (χ1v) is 11.6. The van der Waals surface area contributed by atoms with Gasteiger partial charge in [0.25, 0.3) is 11.8 Å². The van der Waals surface area contributed by atoms with Gasteiger partial charge in [-0.2, -0.15) is 13.2 Å². The number of hydrogen-bond acceptors (Lipinski definition) is 4. The number of amides is 3. The van der Waals surface area contributed by atoms with E-state index in [1.165, 1.54) is 24.4 Å². The predicted molar refractivity (Wildman–Crippen MR) is 133 cm³/mol. The highest BCUT2D eigenvalue weighted by Gasteiger charge is 2.40. The second-order valence-corrected chi connectivity index (χ2v) is 9.03. The van der Waals surface area contributed by atoms with Gasteiger partial charge in [-0.15, -0.1) is 0 Å². The molecule has 1 aromatic heterocycles. The van der Waals surface area contributed by atoms with Crippen LogP contribution in [0.2, 0.25) is 0 Å². The Balaban J connectivity index is 1.65. The Hall–Kier alpha value is -4.34. The number of carbonyl (C=O) groups is 3. The van der Waals surface area contributed by atoms with Crippen LogP contribution in [0.1, 0.15) is 22.3 Å². The highest BCUT2D eigenvalue weighted by molar-refractivity contribution is 6.50. The van der Waals surface area contributed by atoms with Gasteiger partial charge in [0, 0.05) is 60.1 Å². The lowest BCUT2D eigenvalue weighted by molar-refractivity contribution is -0.137. The average Bonchev–Trinajstić information content (AvgIpc) is 3.41. The van der Waals surface area contributed by atoms with Gasteiger partial charge in [0.05, 0.1) is 16.7 Å². The van der Waals surface area contributed by atoms with Crippen molar-refractivity contribution in [1.82, 2.24) is 15.2 Å². The molecule has 0 saturated carbocycles. The molecule has 0 bridgehead atoms. The molecule has 3 aromatic rings. The maximum atomic E-state index is 14.1. The van der Waals surface area contributed by atoms with Crippen molar-refractivity contribution in [3.8, 4) is 0 Å². The molecule has 2 N–H and O–H groups in total. The van der Waals surface area contributed by atoms with E-state index in [0.717, 1.165) is 11.6 Å². The fourth-order valence-electron chi connectivity index (χ4n) is 4.91. The van der Waals surface area contributed by atoms with Gasteiger partial charge in [-0.05, 0) is 42.8 Å². The number of carbonyl (C=O) groups excluding carboxylic acids is 3. The summed E-state index contributed by atoms with van der Waals surface area (Å²) in [6.07, 6.45) is -2.00. The van der Waals surface area contributed by atoms with Gasteiger partial charge in [-0.1, -0.05) is 18.7 Å². The number of fused-ring (bicyclic) bond motifs is 1. The smallest absolute Gasteiger partial charge is 0.368 e. The molecule has 1 saturated heterocycles. The molecular formula is C27H23F3N4O3. The van der Waals surface area contributed by atoms with Crippen molar-refractivity contribution >= 4 is 45.5 Å². The van der Waals surface area contributed by atoms with Crippen molar-refractivity contribution in [1.29, 1.82) is 0 Å². The lowest BCUT2D eigenvalue weighted by Crippen LogP contribution is -2.48. The molecule has 0 aliphatic carbocycles. The van der Waals surface area contributed by atoms with Crippen LogP contribution < -0.4 is 10.2 Å². The molecule has 0 spiro atoms. The van der Waals surface area contributed by atoms with Crippen molar-refractivity contribution in [3.05, 3.63) is 77.5 Å². The van der Waals surface area contributed by atoms with Gasteiger partial charge in [-0.3, -0.25) is 19.7 Å². The minimum Gasteiger partial charge on any atom is -0.368 e. The van der Waals surface area contributed by atoms with E-state index in [0.29, 0.717) is 48.3 Å². The first-order chi connectivity index (χ1) is 17.6. The number of nitrogens with zero attached hydrogens (tertiary/aromatic N) is 2. The number of piperazine rings is 1. The second-order valence-electron chi connectivity index (χ2n) is 9.03. The molecule has 2 aromatic carbocycles. The number of anilines is 1. The Morgan fingerprint density at radius 2 is 1.65 bits per heavy atom. The van der Waals surface area contributed by atoms with Gasteiger partial charge in [0.15, 0.2) is 0 Å². The minimum atomic E-state index is -4.76. The molecule has 10 heteroatoms. The number of rotatable bonds is 4. The zero-order chi connectivity index (χ0) is 26.5. The Morgan fingerprint density at radius 1 is 0.973 bits per heavy atom. The summed E-state index contributed by atoms with van der Waals surface area (Å²) in [6, 6.07) is 9.04. The number of aromatic amines is 1. The van der Waals surface area contributed by atoms with E-state index < -0.39 is 23.6 Å². The fourth-order valence-corrected chi connectivity index (χ4v) is 4.91. The standard InChI is InChI=1S/C27H23F3N4O3/c1-3-22(35)34-10-8-33(9-11-34)16-5-7-20(27(28,29)30)18(13-16)23-24(26(37)32-25(23)36)19-14-31-21-12-15(2)4-6-17(19)21/h3-7,12-14,31H,1,8-11H2,2H3,(H,32,36,37). The van der Waals surface area contributed by atoms with E-state index in [1.54, 1.807) is 11.0 Å². The van der Waals surface area contributed by atoms with Crippen LogP contribution in [0.5, 0.6) is 0 Å². The van der Waals surface area contributed by atoms with Crippen LogP contribution in [0.15, 0.2) is 55.3 Å². The van der Waals surface area contributed by atoms with E-state index in [9.17, 15) is 27.6 Å². The van der Waals surface area contributed by atoms with Crippen LogP contribution in [0.4, 0.5) is 18.9 Å². The largest absolute Gasteiger partial charge is 0.417 e. The number of alkyl halides is 3. The van der Waals surface area contributed by atoms with Crippen LogP contribution in [0, 0.1) is 6.92 Å². The topological polar surface area (TPSA) is 85.5 Å². The Kier molecular flexibility index (Phi) is 5.89. The third-order valence-corrected chi connectivity index (χ3v) is 6.75. The normalized spacial score (nSPS) is 16.5. The summed E-state index contributed by atoms with van der Waals surface area (Å²) in [6.45, 7) is 6.92. The predicted octanol–water partition coefficient (Wildman–Crippen LogP) is 3.90. The molecule has 0 unspecified atom stereocenters. The van der Waals surface area contributed by atoms with E-state index in [2.05, 4.69) is 16.9 Å². The lowest BCUT2D eigenvalue weighted by Gasteiger charge is -2.36. The van der Waals surface area contributed by atoms with Crippen LogP contribution >= 0.6 is 0 Å². The summed E-state index contributed by atoms with van der Waals surface area (Å²) >= 11 is 0. The van der Waals surface area contributed by atoms with Crippen LogP contribution in [-0.4, -0.2) is 53.8 Å². The van der Waals surface area contributed by atoms with Crippen LogP contribution in [-0.2, 0) is 20.6 Å². The second kappa shape index (κ2) is 8.95. The van der Waals surface area contributed by atoms with E-state index in [4.69, 9.17) is 0 Å². The maximum Gasteiger partial charge on any atom is 0.417 e. The Labute approximate surface area is 210 Å². The molecule has 7 nitrogen and oxygen atoms in total. The van der Waals surface area contributed by atoms with Gasteiger partial charge in [0.2, 0.25) is 5.91 Å². The molecule has 2 aliphatic heterocycles. The number of hydrogen-bond donors (Lipinski definition) is 2. The van der Waals surface area contributed by atoms with E-state index in [-0.39, 0.29) is 22.6 Å². The zero-order valence-electron chi connectivity index (χ0n) is 19.9. The summed E-state index contributed by atoms with van der Waals surface area (Å²) in [5.41, 5.74) is 0.671. The van der Waals surface area contributed by atoms with Gasteiger partial charge in [0.1, 0.15) is 0 Å². The maximum absolute atomic E-state index is 14.1. The molecule has 1 fully saturated rings. The molecule has 3 heterocycles. The number of aryl methyl sites for hydroxylation is 1. The molecule has 190 valence electrons. The van der Waals surface area contributed by atoms with E-state index in [1.807, 2.05) is 24.0 Å². The quantitative estimate of drug-likeness (QED) is 0.414. The number of H-pyrrole nitrogens is 1. The summed E-state index contributed by atoms with van der Waals surface area (Å²) in [5, 5.41) is 2.80. The lowest BCUT2D eigenvalue weighted by atomic mass is 9.92. The van der Waals surface area contributed by atoms with E-state index >= 15 is 0 Å². The Bertz CT molecular complexity index is 1490. The first kappa shape index (κ1) is 24.4. The molecule has 3 amide bonds. The number of halogens is 3. The van der Waals surface area contributed by atoms with Crippen molar-refractivity contribution in [3.63, 3.8) is 0 Å². The average molecular weight is 509 g/mol. The number of imide groups is 1. The number of benzene rings is 2. The molecule has 37 heavy (non-hydrogen) atoms. The highest BCUT2D eigenvalue weighted by Crippen LogP contribution is 2.42. The molecular weight excluding hydrogens is 485 g/mol. The summed E-state index contributed by atoms with van der Waals surface area (Å²) in [7, 11) is 0. The van der Waals surface area contributed by atoms with Gasteiger partial charge < -0.3 is 14.8 Å². The monoisotopic (exact) mass is 508 g/mol. The third kappa shape index (κ3) is 4.28. The molecule has 0 atom stereocenters. The Morgan fingerprint density at radius 3 is 2.30 bits per heavy atom. The highest BCUT2D eigenvalue weighted by atomic mass is 19.4. The van der Waals surface area contributed by atoms with Gasteiger partial charge >= 0.3 is 6.18 Å². The summed E-state index contributed by atoms with van der Waals surface area (Å²) in [5.74, 6) is -1.85. The van der Waals surface area contributed by atoms with Crippen LogP contribution in [0.3, 0.4) is 0 Å². The SMILES string of the molecule is C=CC(=O)N1CCN(c2ccc(C(F)(F)F)c(C3=C(c4c[nH]c5cc(C)ccc45)C(=O)NC3=O)c2)CC1. The first-order valence-electron chi connectivity index (χ1n) is 11.6. The molecule has 0 radical (unpaired) electrons. The van der Waals surface area contributed by atoms with Crippen LogP contribution in [0.25, 0.3) is 22.0 Å². The molecule has 2 aliphatic rings. The van der Waals surface area contributed by atoms with Crippen molar-refractivity contribution in [2.75, 3.05) is 31.1 Å². The van der Waals surface area contributed by atoms with Crippen molar-refractivity contribution in [2.45, 2.75) is 13.1 Å². The summed E-state index contributed by atoms with van der Waals surface area (Å²) < 4.78 is 42.4. The van der Waals surface area contributed by atoms with Crippen molar-refractivity contribution in [2.24, 2.45) is 0 Å². The minimum absolute atomic E-state index is 0.107. The zero-order valence-corrected chi connectivity index (χ0v) is 19.9. The number of aromatic nitrogens is 1.